The molecule has 2 aromatic rings. The fourth-order valence-corrected chi connectivity index (χ4v) is 4.00. The van der Waals surface area contributed by atoms with Gasteiger partial charge < -0.3 is 5.73 Å². The van der Waals surface area contributed by atoms with Crippen LogP contribution in [0.1, 0.15) is 44.1 Å². The molecule has 0 radical (unpaired) electrons. The minimum absolute atomic E-state index is 0.119. The third-order valence-corrected chi connectivity index (χ3v) is 5.22. The number of hydrogen-bond donors (Lipinski definition) is 1. The molecule has 2 heteroatoms. The van der Waals surface area contributed by atoms with Gasteiger partial charge in [0.1, 0.15) is 5.82 Å². The van der Waals surface area contributed by atoms with Crippen LogP contribution in [0, 0.1) is 11.2 Å². The second-order valence-electron chi connectivity index (χ2n) is 6.50. The smallest absolute Gasteiger partial charge is 0.131 e. The normalized spacial score (nSPS) is 17.4. The Morgan fingerprint density at radius 3 is 2.38 bits per heavy atom. The largest absolute Gasteiger partial charge is 0.330 e. The van der Waals surface area contributed by atoms with Crippen molar-refractivity contribution < 1.29 is 4.39 Å². The number of fused-ring (bicyclic) bond motifs is 1. The van der Waals surface area contributed by atoms with Gasteiger partial charge in [-0.25, -0.2) is 4.39 Å². The molecule has 21 heavy (non-hydrogen) atoms. The van der Waals surface area contributed by atoms with Crippen LogP contribution >= 0.6 is 0 Å². The lowest BCUT2D eigenvalue weighted by Crippen LogP contribution is -2.21. The van der Waals surface area contributed by atoms with Gasteiger partial charge in [-0.1, -0.05) is 43.2 Å². The summed E-state index contributed by atoms with van der Waals surface area (Å²) in [4.78, 5) is 0. The lowest BCUT2D eigenvalue weighted by atomic mass is 9.77. The quantitative estimate of drug-likeness (QED) is 0.837. The van der Waals surface area contributed by atoms with Crippen LogP contribution in [-0.4, -0.2) is 6.54 Å². The van der Waals surface area contributed by atoms with Gasteiger partial charge in [0.25, 0.3) is 0 Å². The van der Waals surface area contributed by atoms with Crippen LogP contribution in [-0.2, 0) is 6.42 Å². The van der Waals surface area contributed by atoms with Gasteiger partial charge in [-0.3, -0.25) is 0 Å². The van der Waals surface area contributed by atoms with Gasteiger partial charge in [0.15, 0.2) is 0 Å². The maximum absolute atomic E-state index is 13.9. The third-order valence-electron chi connectivity index (χ3n) is 5.22. The van der Waals surface area contributed by atoms with Crippen molar-refractivity contribution >= 4 is 10.8 Å². The standard InChI is InChI=1S/C19H24FN/c20-18-8-7-15(16-5-1-2-6-17(16)18)9-12-19(13-14-21)10-3-4-11-19/h1-2,5-8H,3-4,9-14,21H2. The molecule has 0 amide bonds. The molecular formula is C19H24FN. The van der Waals surface area contributed by atoms with E-state index in [2.05, 4.69) is 0 Å². The van der Waals surface area contributed by atoms with Gasteiger partial charge in [-0.15, -0.1) is 0 Å². The molecule has 0 heterocycles. The number of nitrogens with two attached hydrogens (primary N) is 1. The molecule has 1 aliphatic rings. The average molecular weight is 285 g/mol. The molecule has 0 saturated heterocycles. The first-order valence-electron chi connectivity index (χ1n) is 8.10. The molecule has 0 unspecified atom stereocenters. The summed E-state index contributed by atoms with van der Waals surface area (Å²) in [7, 11) is 0. The zero-order valence-corrected chi connectivity index (χ0v) is 12.6. The van der Waals surface area contributed by atoms with Gasteiger partial charge in [0, 0.05) is 5.39 Å². The molecule has 2 aromatic carbocycles. The van der Waals surface area contributed by atoms with E-state index in [9.17, 15) is 4.39 Å². The highest BCUT2D eigenvalue weighted by atomic mass is 19.1. The van der Waals surface area contributed by atoms with Crippen molar-refractivity contribution in [2.45, 2.75) is 44.9 Å². The Kier molecular flexibility index (Phi) is 4.25. The van der Waals surface area contributed by atoms with Crippen molar-refractivity contribution in [1.82, 2.24) is 0 Å². The highest BCUT2D eigenvalue weighted by Crippen LogP contribution is 2.44. The number of benzene rings is 2. The molecule has 0 spiro atoms. The number of halogens is 1. The number of rotatable bonds is 5. The van der Waals surface area contributed by atoms with E-state index in [1.54, 1.807) is 6.07 Å². The first-order chi connectivity index (χ1) is 10.2. The summed E-state index contributed by atoms with van der Waals surface area (Å²) in [6.45, 7) is 0.782. The van der Waals surface area contributed by atoms with Crippen LogP contribution in [0.4, 0.5) is 4.39 Å². The van der Waals surface area contributed by atoms with E-state index < -0.39 is 0 Å². The second kappa shape index (κ2) is 6.15. The summed E-state index contributed by atoms with van der Waals surface area (Å²) >= 11 is 0. The number of hydrogen-bond acceptors (Lipinski definition) is 1. The van der Waals surface area contributed by atoms with E-state index in [0.717, 1.165) is 30.2 Å². The van der Waals surface area contributed by atoms with Gasteiger partial charge >= 0.3 is 0 Å². The SMILES string of the molecule is NCCC1(CCc2ccc(F)c3ccccc23)CCCC1. The summed E-state index contributed by atoms with van der Waals surface area (Å²) in [5, 5.41) is 1.81. The minimum atomic E-state index is -0.119. The zero-order valence-electron chi connectivity index (χ0n) is 12.6. The Balaban J connectivity index is 1.83. The molecule has 0 aromatic heterocycles. The van der Waals surface area contributed by atoms with Crippen LogP contribution < -0.4 is 5.73 Å². The van der Waals surface area contributed by atoms with Gasteiger partial charge in [0.2, 0.25) is 0 Å². The Hall–Kier alpha value is -1.41. The van der Waals surface area contributed by atoms with Crippen molar-refractivity contribution in [3.63, 3.8) is 0 Å². The first kappa shape index (κ1) is 14.5. The molecular weight excluding hydrogens is 261 g/mol. The van der Waals surface area contributed by atoms with Crippen molar-refractivity contribution in [1.29, 1.82) is 0 Å². The molecule has 1 aliphatic carbocycles. The van der Waals surface area contributed by atoms with Crippen molar-refractivity contribution in [2.75, 3.05) is 6.54 Å². The molecule has 1 fully saturated rings. The Morgan fingerprint density at radius 1 is 0.952 bits per heavy atom. The van der Waals surface area contributed by atoms with E-state index in [4.69, 9.17) is 5.73 Å². The summed E-state index contributed by atoms with van der Waals surface area (Å²) in [5.41, 5.74) is 7.53. The van der Waals surface area contributed by atoms with Gasteiger partial charge in [-0.05, 0) is 61.1 Å². The monoisotopic (exact) mass is 285 g/mol. The zero-order chi connectivity index (χ0) is 14.7. The predicted octanol–water partition coefficient (Wildman–Crippen LogP) is 4.82. The van der Waals surface area contributed by atoms with Crippen molar-refractivity contribution in [3.05, 3.63) is 47.8 Å². The topological polar surface area (TPSA) is 26.0 Å². The fraction of sp³-hybridized carbons (Fsp3) is 0.474. The van der Waals surface area contributed by atoms with Crippen LogP contribution in [0.15, 0.2) is 36.4 Å². The third kappa shape index (κ3) is 2.96. The number of aryl methyl sites for hydroxylation is 1. The average Bonchev–Trinajstić information content (AvgIpc) is 2.96. The second-order valence-corrected chi connectivity index (χ2v) is 6.50. The molecule has 1 saturated carbocycles. The Labute approximate surface area is 126 Å². The summed E-state index contributed by atoms with van der Waals surface area (Å²) in [6.07, 6.45) is 8.63. The van der Waals surface area contributed by atoms with Crippen LogP contribution in [0.3, 0.4) is 0 Å². The van der Waals surface area contributed by atoms with E-state index >= 15 is 0 Å². The van der Waals surface area contributed by atoms with Crippen LogP contribution in [0.25, 0.3) is 10.8 Å². The summed E-state index contributed by atoms with van der Waals surface area (Å²) < 4.78 is 13.9. The van der Waals surface area contributed by atoms with E-state index in [1.807, 2.05) is 30.3 Å². The van der Waals surface area contributed by atoms with Crippen molar-refractivity contribution in [2.24, 2.45) is 11.1 Å². The minimum Gasteiger partial charge on any atom is -0.330 e. The Bertz CT molecular complexity index is 614. The predicted molar refractivity (Wildman–Crippen MR) is 86.8 cm³/mol. The van der Waals surface area contributed by atoms with E-state index in [1.165, 1.54) is 37.7 Å². The molecule has 0 aliphatic heterocycles. The van der Waals surface area contributed by atoms with Crippen molar-refractivity contribution in [3.8, 4) is 0 Å². The fourth-order valence-electron chi connectivity index (χ4n) is 4.00. The highest BCUT2D eigenvalue weighted by Gasteiger charge is 2.32. The van der Waals surface area contributed by atoms with Gasteiger partial charge in [-0.2, -0.15) is 0 Å². The molecule has 0 bridgehead atoms. The first-order valence-corrected chi connectivity index (χ1v) is 8.10. The lowest BCUT2D eigenvalue weighted by molar-refractivity contribution is 0.253. The van der Waals surface area contributed by atoms with E-state index in [-0.39, 0.29) is 5.82 Å². The lowest BCUT2D eigenvalue weighted by Gasteiger charge is -2.28. The molecule has 1 nitrogen and oxygen atoms in total. The summed E-state index contributed by atoms with van der Waals surface area (Å²) in [6, 6.07) is 11.4. The molecule has 0 atom stereocenters. The van der Waals surface area contributed by atoms with E-state index in [0.29, 0.717) is 5.41 Å². The molecule has 3 rings (SSSR count). The summed E-state index contributed by atoms with van der Waals surface area (Å²) in [5.74, 6) is -0.119. The maximum atomic E-state index is 13.9. The maximum Gasteiger partial charge on any atom is 0.131 e. The molecule has 2 N–H and O–H groups in total. The van der Waals surface area contributed by atoms with Gasteiger partial charge in [0.05, 0.1) is 0 Å². The van der Waals surface area contributed by atoms with Crippen LogP contribution in [0.5, 0.6) is 0 Å². The highest BCUT2D eigenvalue weighted by molar-refractivity contribution is 5.86. The molecule has 112 valence electrons. The van der Waals surface area contributed by atoms with Crippen LogP contribution in [0.2, 0.25) is 0 Å². The Morgan fingerprint density at radius 2 is 1.67 bits per heavy atom.